The van der Waals surface area contributed by atoms with Crippen LogP contribution in [0.1, 0.15) is 21.6 Å². The molecule has 1 heterocycles. The molecule has 0 radical (unpaired) electrons. The predicted molar refractivity (Wildman–Crippen MR) is 73.8 cm³/mol. The van der Waals surface area contributed by atoms with Gasteiger partial charge < -0.3 is 10.5 Å². The highest BCUT2D eigenvalue weighted by molar-refractivity contribution is 5.93. The van der Waals surface area contributed by atoms with E-state index in [-0.39, 0.29) is 0 Å². The number of carbonyl (C=O) groups is 1. The Hall–Kier alpha value is -2.81. The highest BCUT2D eigenvalue weighted by Gasteiger charge is 2.18. The number of nitriles is 1. The lowest BCUT2D eigenvalue weighted by Gasteiger charge is -2.09. The summed E-state index contributed by atoms with van der Waals surface area (Å²) in [5.41, 5.74) is 9.05. The van der Waals surface area contributed by atoms with Crippen LogP contribution in [0.25, 0.3) is 11.3 Å². The third-order valence-corrected chi connectivity index (χ3v) is 3.06. The molecule has 0 amide bonds. The minimum Gasteiger partial charge on any atom is -0.465 e. The standard InChI is InChI=1S/C14H14N4O2/c1-8-11(7-15)13(18(2)17-8)10-6-9(14(19)20-3)4-5-12(10)16/h4-6H,16H2,1-3H3. The maximum absolute atomic E-state index is 11.6. The Balaban J connectivity index is 2.70. The van der Waals surface area contributed by atoms with Gasteiger partial charge in [0.05, 0.1) is 24.1 Å². The Labute approximate surface area is 116 Å². The lowest BCUT2D eigenvalue weighted by Crippen LogP contribution is -2.04. The van der Waals surface area contributed by atoms with Crippen LogP contribution in [0, 0.1) is 18.3 Å². The summed E-state index contributed by atoms with van der Waals surface area (Å²) in [6.07, 6.45) is 0. The van der Waals surface area contributed by atoms with Crippen molar-refractivity contribution in [2.75, 3.05) is 12.8 Å². The summed E-state index contributed by atoms with van der Waals surface area (Å²) in [5.74, 6) is -0.455. The smallest absolute Gasteiger partial charge is 0.337 e. The van der Waals surface area contributed by atoms with Gasteiger partial charge in [-0.25, -0.2) is 4.79 Å². The second kappa shape index (κ2) is 5.05. The molecule has 2 rings (SSSR count). The fourth-order valence-electron chi connectivity index (χ4n) is 2.11. The molecule has 0 atom stereocenters. The topological polar surface area (TPSA) is 93.9 Å². The molecule has 6 nitrogen and oxygen atoms in total. The van der Waals surface area contributed by atoms with Gasteiger partial charge in [-0.15, -0.1) is 0 Å². The number of methoxy groups -OCH3 is 1. The zero-order chi connectivity index (χ0) is 14.9. The number of carbonyl (C=O) groups excluding carboxylic acids is 1. The van der Waals surface area contributed by atoms with Gasteiger partial charge in [0.15, 0.2) is 0 Å². The van der Waals surface area contributed by atoms with E-state index in [4.69, 9.17) is 10.5 Å². The van der Waals surface area contributed by atoms with Crippen LogP contribution >= 0.6 is 0 Å². The first-order chi connectivity index (χ1) is 9.49. The second-order valence-corrected chi connectivity index (χ2v) is 4.34. The molecule has 2 N–H and O–H groups in total. The van der Waals surface area contributed by atoms with Crippen molar-refractivity contribution < 1.29 is 9.53 Å². The summed E-state index contributed by atoms with van der Waals surface area (Å²) in [6, 6.07) is 6.93. The van der Waals surface area contributed by atoms with Crippen LogP contribution in [0.4, 0.5) is 5.69 Å². The molecule has 0 fully saturated rings. The molecule has 20 heavy (non-hydrogen) atoms. The number of nitrogens with zero attached hydrogens (tertiary/aromatic N) is 3. The van der Waals surface area contributed by atoms with Crippen molar-refractivity contribution in [3.63, 3.8) is 0 Å². The van der Waals surface area contributed by atoms with E-state index < -0.39 is 5.97 Å². The van der Waals surface area contributed by atoms with E-state index in [0.717, 1.165) is 0 Å². The van der Waals surface area contributed by atoms with Crippen molar-refractivity contribution in [2.24, 2.45) is 7.05 Å². The van der Waals surface area contributed by atoms with Crippen LogP contribution in [0.3, 0.4) is 0 Å². The van der Waals surface area contributed by atoms with Crippen LogP contribution in [0.2, 0.25) is 0 Å². The summed E-state index contributed by atoms with van der Waals surface area (Å²) in [4.78, 5) is 11.6. The number of hydrogen-bond acceptors (Lipinski definition) is 5. The van der Waals surface area contributed by atoms with Gasteiger partial charge in [-0.3, -0.25) is 4.68 Å². The highest BCUT2D eigenvalue weighted by atomic mass is 16.5. The van der Waals surface area contributed by atoms with Gasteiger partial charge in [0.25, 0.3) is 0 Å². The normalized spacial score (nSPS) is 10.1. The first kappa shape index (κ1) is 13.6. The lowest BCUT2D eigenvalue weighted by molar-refractivity contribution is 0.0601. The lowest BCUT2D eigenvalue weighted by atomic mass is 10.0. The molecule has 2 aromatic rings. The van der Waals surface area contributed by atoms with Gasteiger partial charge in [-0.05, 0) is 25.1 Å². The highest BCUT2D eigenvalue weighted by Crippen LogP contribution is 2.31. The van der Waals surface area contributed by atoms with E-state index in [0.29, 0.717) is 33.8 Å². The molecule has 0 aliphatic rings. The largest absolute Gasteiger partial charge is 0.465 e. The van der Waals surface area contributed by atoms with Crippen LogP contribution in [-0.2, 0) is 11.8 Å². The van der Waals surface area contributed by atoms with Crippen molar-refractivity contribution >= 4 is 11.7 Å². The zero-order valence-corrected chi connectivity index (χ0v) is 11.5. The molecule has 1 aromatic carbocycles. The third kappa shape index (κ3) is 2.10. The Morgan fingerprint density at radius 1 is 1.50 bits per heavy atom. The minimum atomic E-state index is -0.455. The van der Waals surface area contributed by atoms with Crippen LogP contribution in [0.5, 0.6) is 0 Å². The monoisotopic (exact) mass is 270 g/mol. The first-order valence-corrected chi connectivity index (χ1v) is 5.91. The van der Waals surface area contributed by atoms with Crippen LogP contribution in [-0.4, -0.2) is 22.9 Å². The Morgan fingerprint density at radius 2 is 2.20 bits per heavy atom. The number of benzene rings is 1. The van der Waals surface area contributed by atoms with E-state index >= 15 is 0 Å². The summed E-state index contributed by atoms with van der Waals surface area (Å²) >= 11 is 0. The van der Waals surface area contributed by atoms with Gasteiger partial charge in [0.2, 0.25) is 0 Å². The van der Waals surface area contributed by atoms with Gasteiger partial charge in [-0.1, -0.05) is 0 Å². The molecular formula is C14H14N4O2. The number of anilines is 1. The van der Waals surface area contributed by atoms with Crippen molar-refractivity contribution in [3.8, 4) is 17.3 Å². The SMILES string of the molecule is COC(=O)c1ccc(N)c(-c2c(C#N)c(C)nn2C)c1. The average molecular weight is 270 g/mol. The van der Waals surface area contributed by atoms with Crippen molar-refractivity contribution in [2.45, 2.75) is 6.92 Å². The fourth-order valence-corrected chi connectivity index (χ4v) is 2.11. The maximum Gasteiger partial charge on any atom is 0.337 e. The van der Waals surface area contributed by atoms with Gasteiger partial charge in [0, 0.05) is 18.3 Å². The Bertz CT molecular complexity index is 726. The molecule has 0 unspecified atom stereocenters. The van der Waals surface area contributed by atoms with Crippen molar-refractivity contribution in [1.82, 2.24) is 9.78 Å². The number of nitrogens with two attached hydrogens (primary N) is 1. The summed E-state index contributed by atoms with van der Waals surface area (Å²) in [6.45, 7) is 1.75. The molecule has 0 aliphatic carbocycles. The number of hydrogen-bond donors (Lipinski definition) is 1. The van der Waals surface area contributed by atoms with E-state index in [9.17, 15) is 10.1 Å². The fraction of sp³-hybridized carbons (Fsp3) is 0.214. The molecule has 0 saturated heterocycles. The Kier molecular flexibility index (Phi) is 3.44. The number of aryl methyl sites for hydroxylation is 2. The van der Waals surface area contributed by atoms with Gasteiger partial charge in [-0.2, -0.15) is 10.4 Å². The zero-order valence-electron chi connectivity index (χ0n) is 11.5. The van der Waals surface area contributed by atoms with Crippen molar-refractivity contribution in [3.05, 3.63) is 35.0 Å². The van der Waals surface area contributed by atoms with Gasteiger partial charge >= 0.3 is 5.97 Å². The molecule has 1 aromatic heterocycles. The summed E-state index contributed by atoms with van der Waals surface area (Å²) in [5, 5.41) is 13.5. The molecule has 0 aliphatic heterocycles. The molecule has 0 saturated carbocycles. The third-order valence-electron chi connectivity index (χ3n) is 3.06. The molecule has 0 bridgehead atoms. The van der Waals surface area contributed by atoms with E-state index in [2.05, 4.69) is 11.2 Å². The quantitative estimate of drug-likeness (QED) is 0.661. The minimum absolute atomic E-state index is 0.374. The van der Waals surface area contributed by atoms with E-state index in [1.54, 1.807) is 36.9 Å². The number of ether oxygens (including phenoxy) is 1. The maximum atomic E-state index is 11.6. The van der Waals surface area contributed by atoms with Gasteiger partial charge in [0.1, 0.15) is 11.6 Å². The average Bonchev–Trinajstić information content (AvgIpc) is 2.72. The van der Waals surface area contributed by atoms with Crippen molar-refractivity contribution in [1.29, 1.82) is 5.26 Å². The number of nitrogen functional groups attached to an aromatic ring is 1. The van der Waals surface area contributed by atoms with E-state index in [1.165, 1.54) is 7.11 Å². The molecule has 0 spiro atoms. The number of aromatic nitrogens is 2. The van der Waals surface area contributed by atoms with Crippen LogP contribution < -0.4 is 5.73 Å². The van der Waals surface area contributed by atoms with Crippen LogP contribution in [0.15, 0.2) is 18.2 Å². The first-order valence-electron chi connectivity index (χ1n) is 5.91. The number of rotatable bonds is 2. The molecule has 6 heteroatoms. The summed E-state index contributed by atoms with van der Waals surface area (Å²) < 4.78 is 6.28. The molecular weight excluding hydrogens is 256 g/mol. The summed E-state index contributed by atoms with van der Waals surface area (Å²) in [7, 11) is 3.04. The van der Waals surface area contributed by atoms with E-state index in [1.807, 2.05) is 0 Å². The predicted octanol–water partition coefficient (Wildman–Crippen LogP) is 1.64. The number of esters is 1. The molecule has 102 valence electrons. The Morgan fingerprint density at radius 3 is 2.80 bits per heavy atom. The second-order valence-electron chi connectivity index (χ2n) is 4.34.